The van der Waals surface area contributed by atoms with Crippen LogP contribution in [-0.2, 0) is 0 Å². The van der Waals surface area contributed by atoms with Crippen LogP contribution in [0, 0.1) is 0 Å². The highest BCUT2D eigenvalue weighted by molar-refractivity contribution is 5.97. The molecule has 0 saturated carbocycles. The van der Waals surface area contributed by atoms with Gasteiger partial charge in [-0.15, -0.1) is 0 Å². The molecule has 0 atom stereocenters. The van der Waals surface area contributed by atoms with Gasteiger partial charge in [-0.1, -0.05) is 6.08 Å². The maximum Gasteiger partial charge on any atom is 0.0364 e. The fourth-order valence-corrected chi connectivity index (χ4v) is 0.571. The van der Waals surface area contributed by atoms with Gasteiger partial charge in [-0.05, 0) is 33.3 Å². The van der Waals surface area contributed by atoms with Gasteiger partial charge >= 0.3 is 0 Å². The van der Waals surface area contributed by atoms with E-state index in [-0.39, 0.29) is 0 Å². The third kappa shape index (κ3) is 3.07. The molecule has 0 N–H and O–H groups in total. The Morgan fingerprint density at radius 1 is 1.44 bits per heavy atom. The SMILES string of the molecule is CC=C(C)C(C)=NCC. The molecule has 1 heteroatoms. The first-order valence-corrected chi connectivity index (χ1v) is 3.36. The van der Waals surface area contributed by atoms with Gasteiger partial charge in [-0.25, -0.2) is 0 Å². The number of hydrogen-bond donors (Lipinski definition) is 0. The van der Waals surface area contributed by atoms with Crippen LogP contribution in [0.2, 0.25) is 0 Å². The molecule has 0 aliphatic rings. The standard InChI is InChI=1S/C8H15N/c1-5-7(3)8(4)9-6-2/h5H,6H2,1-4H3. The van der Waals surface area contributed by atoms with Gasteiger partial charge in [0.15, 0.2) is 0 Å². The Morgan fingerprint density at radius 2 is 2.00 bits per heavy atom. The molecule has 0 rings (SSSR count). The monoisotopic (exact) mass is 125 g/mol. The smallest absolute Gasteiger partial charge is 0.0364 e. The Kier molecular flexibility index (Phi) is 4.02. The molecule has 0 unspecified atom stereocenters. The van der Waals surface area contributed by atoms with Gasteiger partial charge in [0.25, 0.3) is 0 Å². The highest BCUT2D eigenvalue weighted by atomic mass is 14.7. The Morgan fingerprint density at radius 3 is 2.33 bits per heavy atom. The van der Waals surface area contributed by atoms with Gasteiger partial charge < -0.3 is 0 Å². The molecule has 0 bridgehead atoms. The van der Waals surface area contributed by atoms with Gasteiger partial charge in [0, 0.05) is 12.3 Å². The van der Waals surface area contributed by atoms with Crippen molar-refractivity contribution in [3.05, 3.63) is 11.6 Å². The van der Waals surface area contributed by atoms with Gasteiger partial charge in [-0.2, -0.15) is 0 Å². The van der Waals surface area contributed by atoms with E-state index >= 15 is 0 Å². The van der Waals surface area contributed by atoms with E-state index in [1.165, 1.54) is 5.57 Å². The third-order valence-electron chi connectivity index (χ3n) is 1.40. The lowest BCUT2D eigenvalue weighted by atomic mass is 10.2. The van der Waals surface area contributed by atoms with Crippen LogP contribution in [0.25, 0.3) is 0 Å². The van der Waals surface area contributed by atoms with Crippen LogP contribution < -0.4 is 0 Å². The number of nitrogens with zero attached hydrogens (tertiary/aromatic N) is 1. The largest absolute Gasteiger partial charge is 0.290 e. The molecule has 52 valence electrons. The highest BCUT2D eigenvalue weighted by Gasteiger charge is 1.88. The molecule has 0 amide bonds. The van der Waals surface area contributed by atoms with Crippen LogP contribution in [0.1, 0.15) is 27.7 Å². The first-order valence-electron chi connectivity index (χ1n) is 3.36. The van der Waals surface area contributed by atoms with E-state index in [0.717, 1.165) is 12.3 Å². The zero-order valence-electron chi connectivity index (χ0n) is 6.73. The average Bonchev–Trinajstić information content (AvgIpc) is 1.87. The Hall–Kier alpha value is -0.590. The van der Waals surface area contributed by atoms with E-state index in [2.05, 4.69) is 18.0 Å². The molecule has 9 heavy (non-hydrogen) atoms. The average molecular weight is 125 g/mol. The molecule has 0 spiro atoms. The van der Waals surface area contributed by atoms with Crippen molar-refractivity contribution in [3.63, 3.8) is 0 Å². The lowest BCUT2D eigenvalue weighted by Gasteiger charge is -1.96. The molecule has 1 nitrogen and oxygen atoms in total. The second kappa shape index (κ2) is 4.30. The molecular formula is C8H15N. The first kappa shape index (κ1) is 8.41. The minimum absolute atomic E-state index is 0.886. The van der Waals surface area contributed by atoms with Crippen molar-refractivity contribution >= 4 is 5.71 Å². The summed E-state index contributed by atoms with van der Waals surface area (Å²) in [5, 5.41) is 0. The van der Waals surface area contributed by atoms with Crippen LogP contribution in [-0.4, -0.2) is 12.3 Å². The van der Waals surface area contributed by atoms with Crippen molar-refractivity contribution in [1.82, 2.24) is 0 Å². The molecule has 0 aromatic carbocycles. The summed E-state index contributed by atoms with van der Waals surface area (Å²) in [5.74, 6) is 0. The first-order chi connectivity index (χ1) is 4.22. The fraction of sp³-hybridized carbons (Fsp3) is 0.625. The number of hydrogen-bond acceptors (Lipinski definition) is 1. The summed E-state index contributed by atoms with van der Waals surface area (Å²) >= 11 is 0. The summed E-state index contributed by atoms with van der Waals surface area (Å²) in [4.78, 5) is 4.24. The van der Waals surface area contributed by atoms with Gasteiger partial charge in [-0.3, -0.25) is 4.99 Å². The van der Waals surface area contributed by atoms with E-state index in [0.29, 0.717) is 0 Å². The molecule has 0 aromatic rings. The summed E-state index contributed by atoms with van der Waals surface area (Å²) in [6.07, 6.45) is 2.08. The number of aliphatic imine (C=N–C) groups is 1. The Labute approximate surface area is 57.5 Å². The second-order valence-corrected chi connectivity index (χ2v) is 2.03. The Balaban J connectivity index is 4.03. The molecule has 0 fully saturated rings. The van der Waals surface area contributed by atoms with E-state index in [4.69, 9.17) is 0 Å². The van der Waals surface area contributed by atoms with E-state index in [1.54, 1.807) is 0 Å². The third-order valence-corrected chi connectivity index (χ3v) is 1.40. The highest BCUT2D eigenvalue weighted by Crippen LogP contribution is 1.94. The van der Waals surface area contributed by atoms with Crippen LogP contribution in [0.15, 0.2) is 16.6 Å². The molecule has 0 heterocycles. The van der Waals surface area contributed by atoms with Crippen molar-refractivity contribution in [3.8, 4) is 0 Å². The lowest BCUT2D eigenvalue weighted by molar-refractivity contribution is 1.12. The van der Waals surface area contributed by atoms with Crippen molar-refractivity contribution in [2.75, 3.05) is 6.54 Å². The summed E-state index contributed by atoms with van der Waals surface area (Å²) < 4.78 is 0. The van der Waals surface area contributed by atoms with Crippen LogP contribution in [0.3, 0.4) is 0 Å². The predicted molar refractivity (Wildman–Crippen MR) is 43.1 cm³/mol. The molecular weight excluding hydrogens is 110 g/mol. The summed E-state index contributed by atoms with van der Waals surface area (Å²) in [5.41, 5.74) is 2.43. The summed E-state index contributed by atoms with van der Waals surface area (Å²) in [7, 11) is 0. The minimum atomic E-state index is 0.886. The van der Waals surface area contributed by atoms with Crippen molar-refractivity contribution in [2.24, 2.45) is 4.99 Å². The number of rotatable bonds is 2. The van der Waals surface area contributed by atoms with E-state index in [1.807, 2.05) is 20.8 Å². The van der Waals surface area contributed by atoms with Crippen LogP contribution in [0.5, 0.6) is 0 Å². The van der Waals surface area contributed by atoms with E-state index in [9.17, 15) is 0 Å². The summed E-state index contributed by atoms with van der Waals surface area (Å²) in [6, 6.07) is 0. The maximum absolute atomic E-state index is 4.24. The Bertz CT molecular complexity index is 132. The topological polar surface area (TPSA) is 12.4 Å². The molecule has 0 aromatic heterocycles. The van der Waals surface area contributed by atoms with Gasteiger partial charge in [0.1, 0.15) is 0 Å². The fourth-order valence-electron chi connectivity index (χ4n) is 0.571. The zero-order chi connectivity index (χ0) is 7.28. The van der Waals surface area contributed by atoms with Crippen molar-refractivity contribution in [1.29, 1.82) is 0 Å². The molecule has 0 aliphatic carbocycles. The van der Waals surface area contributed by atoms with Crippen molar-refractivity contribution < 1.29 is 0 Å². The quantitative estimate of drug-likeness (QED) is 0.503. The zero-order valence-corrected chi connectivity index (χ0v) is 6.73. The molecule has 0 aliphatic heterocycles. The maximum atomic E-state index is 4.24. The predicted octanol–water partition coefficient (Wildman–Crippen LogP) is 2.43. The lowest BCUT2D eigenvalue weighted by Crippen LogP contribution is -1.92. The van der Waals surface area contributed by atoms with Crippen LogP contribution >= 0.6 is 0 Å². The second-order valence-electron chi connectivity index (χ2n) is 2.03. The molecule has 0 radical (unpaired) electrons. The normalized spacial score (nSPS) is 14.2. The van der Waals surface area contributed by atoms with E-state index < -0.39 is 0 Å². The van der Waals surface area contributed by atoms with Crippen molar-refractivity contribution in [2.45, 2.75) is 27.7 Å². The summed E-state index contributed by atoms with van der Waals surface area (Å²) in [6.45, 7) is 9.08. The molecule has 0 saturated heterocycles. The number of allylic oxidation sites excluding steroid dienone is 2. The van der Waals surface area contributed by atoms with Crippen LogP contribution in [0.4, 0.5) is 0 Å². The minimum Gasteiger partial charge on any atom is -0.290 e. The van der Waals surface area contributed by atoms with Gasteiger partial charge in [0.05, 0.1) is 0 Å². The van der Waals surface area contributed by atoms with Gasteiger partial charge in [0.2, 0.25) is 0 Å².